The van der Waals surface area contributed by atoms with Gasteiger partial charge in [0.2, 0.25) is 0 Å². The Morgan fingerprint density at radius 3 is 2.52 bits per heavy atom. The maximum absolute atomic E-state index is 9.02. The third kappa shape index (κ3) is 3.71. The minimum absolute atomic E-state index is 0.739. The average molecular weight is 331 g/mol. The predicted molar refractivity (Wildman–Crippen MR) is 96.9 cm³/mol. The number of hydrogen-bond donors (Lipinski definition) is 0. The minimum Gasteiger partial charge on any atom is -0.307 e. The number of pyridine rings is 1. The molecule has 4 rings (SSSR count). The summed E-state index contributed by atoms with van der Waals surface area (Å²) in [6, 6.07) is 16.2. The molecule has 3 aromatic rings. The molecule has 0 radical (unpaired) electrons. The van der Waals surface area contributed by atoms with Crippen LogP contribution in [-0.2, 0) is 13.1 Å². The quantitative estimate of drug-likeness (QED) is 0.737. The fraction of sp³-hybridized carbons (Fsp3) is 0.300. The number of hydrogen-bond acceptors (Lipinski definition) is 4. The van der Waals surface area contributed by atoms with Crippen LogP contribution in [0.4, 0.5) is 0 Å². The van der Waals surface area contributed by atoms with E-state index in [4.69, 9.17) is 5.26 Å². The van der Waals surface area contributed by atoms with Crippen LogP contribution in [0.5, 0.6) is 0 Å². The summed E-state index contributed by atoms with van der Waals surface area (Å²) < 4.78 is 2.08. The maximum atomic E-state index is 9.02. The van der Waals surface area contributed by atoms with E-state index in [1.165, 1.54) is 5.56 Å². The molecule has 5 heteroatoms. The molecule has 0 atom stereocenters. The van der Waals surface area contributed by atoms with Crippen LogP contribution in [0.2, 0.25) is 0 Å². The molecular formula is C20H21N5. The highest BCUT2D eigenvalue weighted by molar-refractivity contribution is 5.39. The molecule has 5 nitrogen and oxygen atoms in total. The monoisotopic (exact) mass is 331 g/mol. The second kappa shape index (κ2) is 7.06. The van der Waals surface area contributed by atoms with E-state index >= 15 is 0 Å². The van der Waals surface area contributed by atoms with Crippen molar-refractivity contribution in [3.63, 3.8) is 0 Å². The molecule has 1 aromatic carbocycles. The number of nitriles is 1. The molecule has 0 spiro atoms. The third-order valence-electron chi connectivity index (χ3n) is 4.73. The summed E-state index contributed by atoms with van der Waals surface area (Å²) in [4.78, 5) is 9.61. The van der Waals surface area contributed by atoms with Crippen LogP contribution in [0.3, 0.4) is 0 Å². The Morgan fingerprint density at radius 1 is 0.960 bits per heavy atom. The molecule has 0 bridgehead atoms. The molecule has 3 heterocycles. The van der Waals surface area contributed by atoms with Crippen LogP contribution in [0.25, 0.3) is 5.65 Å². The Kier molecular flexibility index (Phi) is 4.47. The zero-order chi connectivity index (χ0) is 17.1. The summed E-state index contributed by atoms with van der Waals surface area (Å²) in [7, 11) is 0. The molecule has 0 saturated carbocycles. The zero-order valence-corrected chi connectivity index (χ0v) is 14.2. The molecule has 2 aromatic heterocycles. The lowest BCUT2D eigenvalue weighted by molar-refractivity contribution is 0.121. The summed E-state index contributed by atoms with van der Waals surface area (Å²) in [5.41, 5.74) is 4.09. The lowest BCUT2D eigenvalue weighted by Gasteiger charge is -2.34. The van der Waals surface area contributed by atoms with Gasteiger partial charge in [-0.25, -0.2) is 4.98 Å². The van der Waals surface area contributed by atoms with Gasteiger partial charge in [-0.3, -0.25) is 9.80 Å². The van der Waals surface area contributed by atoms with Gasteiger partial charge in [0.05, 0.1) is 17.3 Å². The molecule has 0 amide bonds. The lowest BCUT2D eigenvalue weighted by atomic mass is 10.1. The van der Waals surface area contributed by atoms with Crippen molar-refractivity contribution in [2.24, 2.45) is 0 Å². The van der Waals surface area contributed by atoms with Gasteiger partial charge in [-0.2, -0.15) is 5.26 Å². The van der Waals surface area contributed by atoms with Gasteiger partial charge in [0.25, 0.3) is 0 Å². The highest BCUT2D eigenvalue weighted by atomic mass is 15.3. The van der Waals surface area contributed by atoms with Gasteiger partial charge in [-0.15, -0.1) is 0 Å². The first-order chi connectivity index (χ1) is 12.3. The van der Waals surface area contributed by atoms with Gasteiger partial charge in [-0.05, 0) is 29.8 Å². The van der Waals surface area contributed by atoms with E-state index in [0.29, 0.717) is 0 Å². The van der Waals surface area contributed by atoms with Crippen molar-refractivity contribution in [2.75, 3.05) is 26.2 Å². The van der Waals surface area contributed by atoms with Crippen LogP contribution < -0.4 is 0 Å². The second-order valence-corrected chi connectivity index (χ2v) is 6.56. The molecule has 1 fully saturated rings. The SMILES string of the molecule is N#Cc1cccc(CN2CCN(Cc3cn4ccccc4n3)CC2)c1. The van der Waals surface area contributed by atoms with Crippen LogP contribution >= 0.6 is 0 Å². The lowest BCUT2D eigenvalue weighted by Crippen LogP contribution is -2.45. The van der Waals surface area contributed by atoms with E-state index < -0.39 is 0 Å². The third-order valence-corrected chi connectivity index (χ3v) is 4.73. The second-order valence-electron chi connectivity index (χ2n) is 6.56. The summed E-state index contributed by atoms with van der Waals surface area (Å²) >= 11 is 0. The van der Waals surface area contributed by atoms with E-state index in [0.717, 1.165) is 56.2 Å². The van der Waals surface area contributed by atoms with E-state index in [1.54, 1.807) is 0 Å². The average Bonchev–Trinajstić information content (AvgIpc) is 3.06. The molecule has 1 saturated heterocycles. The molecule has 1 aliphatic heterocycles. The largest absolute Gasteiger partial charge is 0.307 e. The summed E-state index contributed by atoms with van der Waals surface area (Å²) in [5.74, 6) is 0. The summed E-state index contributed by atoms with van der Waals surface area (Å²) in [6.45, 7) is 6.00. The van der Waals surface area contributed by atoms with Crippen molar-refractivity contribution < 1.29 is 0 Å². The predicted octanol–water partition coefficient (Wildman–Crippen LogP) is 2.52. The standard InChI is InChI=1S/C20H21N5/c21-13-17-4-3-5-18(12-17)14-23-8-10-24(11-9-23)15-19-16-25-7-2-1-6-20(25)22-19/h1-7,12,16H,8-11,14-15H2. The van der Waals surface area contributed by atoms with Crippen LogP contribution in [0.15, 0.2) is 54.9 Å². The maximum Gasteiger partial charge on any atom is 0.137 e. The number of imidazole rings is 1. The molecular weight excluding hydrogens is 310 g/mol. The number of nitrogens with zero attached hydrogens (tertiary/aromatic N) is 5. The molecule has 25 heavy (non-hydrogen) atoms. The Labute approximate surface area is 147 Å². The Morgan fingerprint density at radius 2 is 1.76 bits per heavy atom. The van der Waals surface area contributed by atoms with E-state index in [2.05, 4.69) is 37.5 Å². The van der Waals surface area contributed by atoms with Crippen molar-refractivity contribution in [1.29, 1.82) is 5.26 Å². The Hall–Kier alpha value is -2.68. The zero-order valence-electron chi connectivity index (χ0n) is 14.2. The molecule has 0 N–H and O–H groups in total. The van der Waals surface area contributed by atoms with Gasteiger partial charge in [0.15, 0.2) is 0 Å². The Bertz CT molecular complexity index is 867. The fourth-order valence-corrected chi connectivity index (χ4v) is 3.40. The molecule has 0 aliphatic carbocycles. The summed E-state index contributed by atoms with van der Waals surface area (Å²) in [5, 5.41) is 9.02. The smallest absolute Gasteiger partial charge is 0.137 e. The fourth-order valence-electron chi connectivity index (χ4n) is 3.40. The first-order valence-electron chi connectivity index (χ1n) is 8.66. The summed E-state index contributed by atoms with van der Waals surface area (Å²) in [6.07, 6.45) is 4.16. The number of rotatable bonds is 4. The van der Waals surface area contributed by atoms with E-state index in [9.17, 15) is 0 Å². The van der Waals surface area contributed by atoms with E-state index in [1.807, 2.05) is 42.6 Å². The van der Waals surface area contributed by atoms with Crippen molar-refractivity contribution in [3.8, 4) is 6.07 Å². The van der Waals surface area contributed by atoms with Crippen LogP contribution in [0, 0.1) is 11.3 Å². The number of benzene rings is 1. The molecule has 126 valence electrons. The van der Waals surface area contributed by atoms with Gasteiger partial charge >= 0.3 is 0 Å². The van der Waals surface area contributed by atoms with E-state index in [-0.39, 0.29) is 0 Å². The number of aromatic nitrogens is 2. The minimum atomic E-state index is 0.739. The molecule has 0 unspecified atom stereocenters. The van der Waals surface area contributed by atoms with Gasteiger partial charge in [-0.1, -0.05) is 18.2 Å². The van der Waals surface area contributed by atoms with Crippen molar-refractivity contribution in [2.45, 2.75) is 13.1 Å². The first kappa shape index (κ1) is 15.8. The highest BCUT2D eigenvalue weighted by Crippen LogP contribution is 2.13. The normalized spacial score (nSPS) is 16.1. The van der Waals surface area contributed by atoms with Gasteiger partial charge in [0, 0.05) is 51.7 Å². The number of fused-ring (bicyclic) bond motifs is 1. The highest BCUT2D eigenvalue weighted by Gasteiger charge is 2.18. The van der Waals surface area contributed by atoms with Gasteiger partial charge in [0.1, 0.15) is 5.65 Å². The molecule has 1 aliphatic rings. The van der Waals surface area contributed by atoms with Crippen molar-refractivity contribution >= 4 is 5.65 Å². The number of piperazine rings is 1. The van der Waals surface area contributed by atoms with Crippen molar-refractivity contribution in [1.82, 2.24) is 19.2 Å². The first-order valence-corrected chi connectivity index (χ1v) is 8.66. The van der Waals surface area contributed by atoms with Crippen molar-refractivity contribution in [3.05, 3.63) is 71.7 Å². The Balaban J connectivity index is 1.32. The van der Waals surface area contributed by atoms with Crippen LogP contribution in [-0.4, -0.2) is 45.4 Å². The topological polar surface area (TPSA) is 47.6 Å². The van der Waals surface area contributed by atoms with Gasteiger partial charge < -0.3 is 4.40 Å². The van der Waals surface area contributed by atoms with Crippen LogP contribution in [0.1, 0.15) is 16.8 Å².